The van der Waals surface area contributed by atoms with E-state index in [2.05, 4.69) is 15.3 Å². The van der Waals surface area contributed by atoms with Crippen LogP contribution in [0, 0.1) is 0 Å². The second-order valence-electron chi connectivity index (χ2n) is 3.86. The van der Waals surface area contributed by atoms with E-state index < -0.39 is 6.04 Å². The summed E-state index contributed by atoms with van der Waals surface area (Å²) in [4.78, 5) is 19.6. The minimum Gasteiger partial charge on any atom is -0.370 e. The van der Waals surface area contributed by atoms with E-state index in [0.717, 1.165) is 18.5 Å². The molecule has 15 heavy (non-hydrogen) atoms. The zero-order valence-corrected chi connectivity index (χ0v) is 8.05. The number of nitrogens with two attached hydrogens (primary N) is 1. The highest BCUT2D eigenvalue weighted by atomic mass is 16.2. The summed E-state index contributed by atoms with van der Waals surface area (Å²) in [5.74, 6) is 0.0171. The molecule has 1 saturated carbocycles. The van der Waals surface area contributed by atoms with Gasteiger partial charge in [0.15, 0.2) is 12.0 Å². The van der Waals surface area contributed by atoms with Gasteiger partial charge in [-0.15, -0.1) is 0 Å². The summed E-state index contributed by atoms with van der Waals surface area (Å²) in [5, 5.41) is 2.49. The molecule has 1 amide bonds. The molecule has 1 atom stereocenters. The number of aromatic nitrogens is 2. The molecule has 3 N–H and O–H groups in total. The molecule has 0 bridgehead atoms. The molecule has 3 rings (SSSR count). The van der Waals surface area contributed by atoms with Gasteiger partial charge in [-0.2, -0.15) is 0 Å². The predicted molar refractivity (Wildman–Crippen MR) is 53.0 cm³/mol. The highest BCUT2D eigenvalue weighted by Crippen LogP contribution is 2.37. The molecule has 0 aromatic carbocycles. The number of aliphatic imine (C=N–C) groups is 1. The molecule has 6 heteroatoms. The maximum atomic E-state index is 11.5. The van der Waals surface area contributed by atoms with E-state index in [-0.39, 0.29) is 11.9 Å². The Balaban J connectivity index is 1.98. The first kappa shape index (κ1) is 8.46. The Kier molecular flexibility index (Phi) is 1.59. The fourth-order valence-corrected chi connectivity index (χ4v) is 1.81. The molecule has 0 radical (unpaired) electrons. The second-order valence-corrected chi connectivity index (χ2v) is 3.86. The summed E-state index contributed by atoms with van der Waals surface area (Å²) in [5.41, 5.74) is 6.28. The molecule has 1 aliphatic carbocycles. The van der Waals surface area contributed by atoms with Crippen molar-refractivity contribution in [2.75, 3.05) is 0 Å². The third-order valence-electron chi connectivity index (χ3n) is 2.68. The summed E-state index contributed by atoms with van der Waals surface area (Å²) >= 11 is 0. The van der Waals surface area contributed by atoms with Crippen LogP contribution in [0.25, 0.3) is 0 Å². The number of guanidine groups is 1. The van der Waals surface area contributed by atoms with E-state index >= 15 is 0 Å². The molecule has 2 aliphatic rings. The van der Waals surface area contributed by atoms with Crippen molar-refractivity contribution in [3.05, 3.63) is 18.2 Å². The number of hydrogen-bond donors (Lipinski definition) is 2. The van der Waals surface area contributed by atoms with Crippen molar-refractivity contribution in [1.82, 2.24) is 14.9 Å². The topological polar surface area (TPSA) is 85.3 Å². The quantitative estimate of drug-likeness (QED) is 0.695. The van der Waals surface area contributed by atoms with Crippen molar-refractivity contribution < 1.29 is 4.79 Å². The maximum Gasteiger partial charge on any atom is 0.257 e. The fourth-order valence-electron chi connectivity index (χ4n) is 1.81. The van der Waals surface area contributed by atoms with Gasteiger partial charge in [0, 0.05) is 6.04 Å². The molecule has 1 aromatic rings. The van der Waals surface area contributed by atoms with Gasteiger partial charge in [0.25, 0.3) is 5.91 Å². The first-order chi connectivity index (χ1) is 7.25. The lowest BCUT2D eigenvalue weighted by Gasteiger charge is -2.08. The summed E-state index contributed by atoms with van der Waals surface area (Å²) in [6.45, 7) is 0. The van der Waals surface area contributed by atoms with Gasteiger partial charge >= 0.3 is 0 Å². The average Bonchev–Trinajstić information content (AvgIpc) is 2.83. The van der Waals surface area contributed by atoms with E-state index in [0.29, 0.717) is 6.04 Å². The fraction of sp³-hybridized carbons (Fsp3) is 0.444. The van der Waals surface area contributed by atoms with Gasteiger partial charge in [-0.25, -0.2) is 9.98 Å². The van der Waals surface area contributed by atoms with Crippen LogP contribution in [-0.4, -0.2) is 21.4 Å². The van der Waals surface area contributed by atoms with Crippen LogP contribution in [0.2, 0.25) is 0 Å². The van der Waals surface area contributed by atoms with Crippen molar-refractivity contribution in [1.29, 1.82) is 0 Å². The Bertz CT molecular complexity index is 445. The van der Waals surface area contributed by atoms with Gasteiger partial charge in [-0.1, -0.05) is 0 Å². The van der Waals surface area contributed by atoms with Gasteiger partial charge in [-0.05, 0) is 12.8 Å². The smallest absolute Gasteiger partial charge is 0.257 e. The van der Waals surface area contributed by atoms with Gasteiger partial charge < -0.3 is 10.3 Å². The Morgan fingerprint density at radius 2 is 2.33 bits per heavy atom. The molecule has 0 spiro atoms. The maximum absolute atomic E-state index is 11.5. The SMILES string of the molecule is NC1=NC(c2cncn2C2CC2)C(=O)N1. The number of amides is 1. The first-order valence-electron chi connectivity index (χ1n) is 4.91. The minimum atomic E-state index is -0.520. The largest absolute Gasteiger partial charge is 0.370 e. The number of hydrogen-bond acceptors (Lipinski definition) is 4. The van der Waals surface area contributed by atoms with Crippen LogP contribution in [0.15, 0.2) is 17.5 Å². The zero-order chi connectivity index (χ0) is 10.4. The molecule has 1 aromatic heterocycles. The van der Waals surface area contributed by atoms with Gasteiger partial charge in [-0.3, -0.25) is 10.1 Å². The Morgan fingerprint density at radius 3 is 2.93 bits per heavy atom. The molecular formula is C9H11N5O. The summed E-state index contributed by atoms with van der Waals surface area (Å²) < 4.78 is 2.02. The highest BCUT2D eigenvalue weighted by molar-refractivity contribution is 6.04. The monoisotopic (exact) mass is 205 g/mol. The predicted octanol–water partition coefficient (Wildman–Crippen LogP) is -0.296. The number of imidazole rings is 1. The van der Waals surface area contributed by atoms with Crippen LogP contribution in [0.5, 0.6) is 0 Å². The summed E-state index contributed by atoms with van der Waals surface area (Å²) in [6, 6.07) is -0.0274. The standard InChI is InChI=1S/C9H11N5O/c10-9-12-7(8(15)13-9)6-3-11-4-14(6)5-1-2-5/h3-5,7H,1-2H2,(H3,10,12,13,15). The summed E-state index contributed by atoms with van der Waals surface area (Å²) in [7, 11) is 0. The molecule has 6 nitrogen and oxygen atoms in total. The van der Waals surface area contributed by atoms with E-state index in [1.54, 1.807) is 12.5 Å². The molecule has 78 valence electrons. The van der Waals surface area contributed by atoms with E-state index in [4.69, 9.17) is 5.73 Å². The summed E-state index contributed by atoms with van der Waals surface area (Å²) in [6.07, 6.45) is 5.74. The lowest BCUT2D eigenvalue weighted by atomic mass is 10.2. The highest BCUT2D eigenvalue weighted by Gasteiger charge is 2.33. The van der Waals surface area contributed by atoms with E-state index in [9.17, 15) is 4.79 Å². The normalized spacial score (nSPS) is 25.2. The molecule has 1 fully saturated rings. The number of carbonyl (C=O) groups excluding carboxylic acids is 1. The minimum absolute atomic E-state index is 0.171. The van der Waals surface area contributed by atoms with Crippen LogP contribution in [-0.2, 0) is 4.79 Å². The Morgan fingerprint density at radius 1 is 1.53 bits per heavy atom. The molecular weight excluding hydrogens is 194 g/mol. The molecule has 1 unspecified atom stereocenters. The van der Waals surface area contributed by atoms with Crippen LogP contribution in [0.1, 0.15) is 30.6 Å². The average molecular weight is 205 g/mol. The number of nitrogens with zero attached hydrogens (tertiary/aromatic N) is 3. The van der Waals surface area contributed by atoms with Crippen LogP contribution in [0.3, 0.4) is 0 Å². The van der Waals surface area contributed by atoms with E-state index in [1.165, 1.54) is 0 Å². The van der Waals surface area contributed by atoms with Gasteiger partial charge in [0.2, 0.25) is 0 Å². The Hall–Kier alpha value is -1.85. The van der Waals surface area contributed by atoms with Crippen molar-refractivity contribution >= 4 is 11.9 Å². The molecule has 0 saturated heterocycles. The van der Waals surface area contributed by atoms with Crippen molar-refractivity contribution in [3.8, 4) is 0 Å². The number of carbonyl (C=O) groups is 1. The van der Waals surface area contributed by atoms with Crippen LogP contribution >= 0.6 is 0 Å². The lowest BCUT2D eigenvalue weighted by Crippen LogP contribution is -2.31. The van der Waals surface area contributed by atoms with Gasteiger partial charge in [0.1, 0.15) is 0 Å². The first-order valence-corrected chi connectivity index (χ1v) is 4.91. The zero-order valence-electron chi connectivity index (χ0n) is 8.05. The Labute approximate surface area is 86.2 Å². The lowest BCUT2D eigenvalue weighted by molar-refractivity contribution is -0.120. The third kappa shape index (κ3) is 1.29. The van der Waals surface area contributed by atoms with Crippen LogP contribution < -0.4 is 11.1 Å². The molecule has 2 heterocycles. The third-order valence-corrected chi connectivity index (χ3v) is 2.68. The number of nitrogens with one attached hydrogen (secondary N) is 1. The molecule has 1 aliphatic heterocycles. The van der Waals surface area contributed by atoms with Crippen molar-refractivity contribution in [2.24, 2.45) is 10.7 Å². The van der Waals surface area contributed by atoms with Crippen LogP contribution in [0.4, 0.5) is 0 Å². The van der Waals surface area contributed by atoms with Gasteiger partial charge in [0.05, 0.1) is 18.2 Å². The van der Waals surface area contributed by atoms with E-state index in [1.807, 2.05) is 4.57 Å². The van der Waals surface area contributed by atoms with Crippen molar-refractivity contribution in [3.63, 3.8) is 0 Å². The van der Waals surface area contributed by atoms with Crippen molar-refractivity contribution in [2.45, 2.75) is 24.9 Å². The second kappa shape index (κ2) is 2.82. The number of rotatable bonds is 2.